The predicted octanol–water partition coefficient (Wildman–Crippen LogP) is 1.56. The molecule has 1 aromatic heterocycles. The lowest BCUT2D eigenvalue weighted by molar-refractivity contribution is 0.974. The molecule has 6 N–H and O–H groups in total. The summed E-state index contributed by atoms with van der Waals surface area (Å²) < 4.78 is 0. The van der Waals surface area contributed by atoms with Gasteiger partial charge in [0.25, 0.3) is 0 Å². The summed E-state index contributed by atoms with van der Waals surface area (Å²) in [5.74, 6) is 0.734. The lowest BCUT2D eigenvalue weighted by Gasteiger charge is -2.08. The summed E-state index contributed by atoms with van der Waals surface area (Å²) in [6.07, 6.45) is 0. The van der Waals surface area contributed by atoms with Crippen LogP contribution in [0.1, 0.15) is 11.1 Å². The van der Waals surface area contributed by atoms with Crippen molar-refractivity contribution in [1.82, 2.24) is 9.97 Å². The van der Waals surface area contributed by atoms with Crippen molar-refractivity contribution in [2.24, 2.45) is 5.73 Å². The standard InChI is InChI=1S/C12H15N5S/c1-7-2-3-9(8(4-7)6-13)18-12-16-10(14)5-11(15)17-12/h2-5H,6,13H2,1H3,(H4,14,15,16,17). The van der Waals surface area contributed by atoms with Crippen molar-refractivity contribution < 1.29 is 0 Å². The highest BCUT2D eigenvalue weighted by atomic mass is 32.2. The minimum atomic E-state index is 0.367. The minimum absolute atomic E-state index is 0.367. The van der Waals surface area contributed by atoms with Gasteiger partial charge in [-0.25, -0.2) is 9.97 Å². The van der Waals surface area contributed by atoms with Gasteiger partial charge in [-0.15, -0.1) is 0 Å². The first-order chi connectivity index (χ1) is 8.58. The van der Waals surface area contributed by atoms with E-state index in [9.17, 15) is 0 Å². The molecular weight excluding hydrogens is 246 g/mol. The Hall–Kier alpha value is -1.79. The molecule has 0 amide bonds. The summed E-state index contributed by atoms with van der Waals surface area (Å²) in [6.45, 7) is 2.50. The number of rotatable bonds is 3. The number of anilines is 2. The van der Waals surface area contributed by atoms with Crippen molar-refractivity contribution in [3.63, 3.8) is 0 Å². The number of aryl methyl sites for hydroxylation is 1. The lowest BCUT2D eigenvalue weighted by Crippen LogP contribution is -2.01. The second-order valence-electron chi connectivity index (χ2n) is 3.92. The molecule has 18 heavy (non-hydrogen) atoms. The molecule has 1 heterocycles. The maximum Gasteiger partial charge on any atom is 0.196 e. The average Bonchev–Trinajstić information content (AvgIpc) is 2.30. The van der Waals surface area contributed by atoms with Crippen LogP contribution in [-0.4, -0.2) is 9.97 Å². The number of nitrogens with zero attached hydrogens (tertiary/aromatic N) is 2. The molecule has 0 aliphatic heterocycles. The van der Waals surface area contributed by atoms with Gasteiger partial charge in [0.2, 0.25) is 0 Å². The zero-order chi connectivity index (χ0) is 13.1. The van der Waals surface area contributed by atoms with Crippen LogP contribution in [0.3, 0.4) is 0 Å². The summed E-state index contributed by atoms with van der Waals surface area (Å²) in [5.41, 5.74) is 19.2. The van der Waals surface area contributed by atoms with Crippen molar-refractivity contribution in [3.05, 3.63) is 35.4 Å². The van der Waals surface area contributed by atoms with Crippen molar-refractivity contribution in [3.8, 4) is 0 Å². The van der Waals surface area contributed by atoms with Crippen molar-refractivity contribution in [2.45, 2.75) is 23.5 Å². The molecule has 5 nitrogen and oxygen atoms in total. The number of nitrogens with two attached hydrogens (primary N) is 3. The monoisotopic (exact) mass is 261 g/mol. The number of nitrogen functional groups attached to an aromatic ring is 2. The van der Waals surface area contributed by atoms with Gasteiger partial charge in [0.1, 0.15) is 11.6 Å². The van der Waals surface area contributed by atoms with E-state index in [4.69, 9.17) is 17.2 Å². The van der Waals surface area contributed by atoms with Crippen LogP contribution >= 0.6 is 11.8 Å². The summed E-state index contributed by atoms with van der Waals surface area (Å²) >= 11 is 1.41. The molecule has 6 heteroatoms. The Kier molecular flexibility index (Phi) is 3.69. The van der Waals surface area contributed by atoms with Crippen LogP contribution in [0, 0.1) is 6.92 Å². The van der Waals surface area contributed by atoms with Crippen LogP contribution in [0.2, 0.25) is 0 Å². The van der Waals surface area contributed by atoms with Gasteiger partial charge < -0.3 is 17.2 Å². The molecule has 2 aromatic rings. The van der Waals surface area contributed by atoms with E-state index in [-0.39, 0.29) is 0 Å². The Morgan fingerprint density at radius 3 is 2.39 bits per heavy atom. The topological polar surface area (TPSA) is 104 Å². The average molecular weight is 261 g/mol. The van der Waals surface area contributed by atoms with Crippen LogP contribution in [0.4, 0.5) is 11.6 Å². The highest BCUT2D eigenvalue weighted by Gasteiger charge is 2.07. The van der Waals surface area contributed by atoms with Crippen molar-refractivity contribution in [2.75, 3.05) is 11.5 Å². The van der Waals surface area contributed by atoms with Gasteiger partial charge in [0, 0.05) is 17.5 Å². The SMILES string of the molecule is Cc1ccc(Sc2nc(N)cc(N)n2)c(CN)c1. The van der Waals surface area contributed by atoms with Gasteiger partial charge in [0.15, 0.2) is 5.16 Å². The zero-order valence-electron chi connectivity index (χ0n) is 10.1. The fourth-order valence-electron chi connectivity index (χ4n) is 1.57. The Balaban J connectivity index is 2.33. The predicted molar refractivity (Wildman–Crippen MR) is 74.1 cm³/mol. The van der Waals surface area contributed by atoms with Gasteiger partial charge in [0.05, 0.1) is 0 Å². The Morgan fingerprint density at radius 2 is 1.78 bits per heavy atom. The van der Waals surface area contributed by atoms with E-state index in [0.29, 0.717) is 23.3 Å². The molecule has 0 aliphatic rings. The van der Waals surface area contributed by atoms with Crippen LogP contribution in [0.25, 0.3) is 0 Å². The fraction of sp³-hybridized carbons (Fsp3) is 0.167. The first kappa shape index (κ1) is 12.7. The summed E-state index contributed by atoms with van der Waals surface area (Å²) in [7, 11) is 0. The maximum atomic E-state index is 5.73. The first-order valence-corrected chi connectivity index (χ1v) is 6.27. The number of hydrogen-bond acceptors (Lipinski definition) is 6. The Bertz CT molecular complexity index is 550. The number of hydrogen-bond donors (Lipinski definition) is 3. The largest absolute Gasteiger partial charge is 0.383 e. The quantitative estimate of drug-likeness (QED) is 0.724. The highest BCUT2D eigenvalue weighted by Crippen LogP contribution is 2.29. The molecule has 0 fully saturated rings. The Labute approximate surface area is 110 Å². The van der Waals surface area contributed by atoms with Gasteiger partial charge in [-0.3, -0.25) is 0 Å². The third kappa shape index (κ3) is 2.91. The molecule has 1 aromatic carbocycles. The van der Waals surface area contributed by atoms with E-state index in [2.05, 4.69) is 16.0 Å². The van der Waals surface area contributed by atoms with Gasteiger partial charge >= 0.3 is 0 Å². The van der Waals surface area contributed by atoms with Gasteiger partial charge in [-0.05, 0) is 30.3 Å². The maximum absolute atomic E-state index is 5.73. The normalized spacial score (nSPS) is 10.6. The fourth-order valence-corrected chi connectivity index (χ4v) is 2.48. The lowest BCUT2D eigenvalue weighted by atomic mass is 10.1. The van der Waals surface area contributed by atoms with Crippen LogP contribution in [0.5, 0.6) is 0 Å². The van der Waals surface area contributed by atoms with E-state index in [1.54, 1.807) is 0 Å². The summed E-state index contributed by atoms with van der Waals surface area (Å²) in [6, 6.07) is 7.61. The molecule has 0 bridgehead atoms. The molecular formula is C12H15N5S. The molecule has 0 spiro atoms. The van der Waals surface area contributed by atoms with Crippen LogP contribution in [0.15, 0.2) is 34.3 Å². The molecule has 0 radical (unpaired) electrons. The highest BCUT2D eigenvalue weighted by molar-refractivity contribution is 7.99. The van der Waals surface area contributed by atoms with E-state index < -0.39 is 0 Å². The molecule has 0 saturated carbocycles. The number of aromatic nitrogens is 2. The third-order valence-corrected chi connectivity index (χ3v) is 3.37. The summed E-state index contributed by atoms with van der Waals surface area (Å²) in [5, 5.41) is 0.533. The zero-order valence-corrected chi connectivity index (χ0v) is 10.9. The molecule has 0 saturated heterocycles. The van der Waals surface area contributed by atoms with Gasteiger partial charge in [-0.1, -0.05) is 17.7 Å². The van der Waals surface area contributed by atoms with Gasteiger partial charge in [-0.2, -0.15) is 0 Å². The molecule has 94 valence electrons. The summed E-state index contributed by atoms with van der Waals surface area (Å²) in [4.78, 5) is 9.29. The Morgan fingerprint density at radius 1 is 1.11 bits per heavy atom. The van der Waals surface area contributed by atoms with E-state index in [1.165, 1.54) is 23.4 Å². The second kappa shape index (κ2) is 5.24. The molecule has 0 unspecified atom stereocenters. The second-order valence-corrected chi connectivity index (χ2v) is 4.93. The van der Waals surface area contributed by atoms with E-state index >= 15 is 0 Å². The van der Waals surface area contributed by atoms with Crippen molar-refractivity contribution >= 4 is 23.4 Å². The first-order valence-electron chi connectivity index (χ1n) is 5.46. The smallest absolute Gasteiger partial charge is 0.196 e. The number of benzene rings is 1. The van der Waals surface area contributed by atoms with Crippen LogP contribution < -0.4 is 17.2 Å². The minimum Gasteiger partial charge on any atom is -0.383 e. The third-order valence-electron chi connectivity index (χ3n) is 2.38. The van der Waals surface area contributed by atoms with Crippen molar-refractivity contribution in [1.29, 1.82) is 0 Å². The molecule has 0 atom stereocenters. The molecule has 0 aliphatic carbocycles. The molecule has 2 rings (SSSR count). The van der Waals surface area contributed by atoms with E-state index in [1.807, 2.05) is 19.1 Å². The van der Waals surface area contributed by atoms with E-state index in [0.717, 1.165) is 10.5 Å². The van der Waals surface area contributed by atoms with Crippen LogP contribution in [-0.2, 0) is 6.54 Å².